The van der Waals surface area contributed by atoms with Gasteiger partial charge in [-0.3, -0.25) is 19.9 Å². The van der Waals surface area contributed by atoms with Gasteiger partial charge in [0.25, 0.3) is 5.91 Å². The van der Waals surface area contributed by atoms with Gasteiger partial charge in [-0.1, -0.05) is 29.3 Å². The number of rotatable bonds is 3. The van der Waals surface area contributed by atoms with Gasteiger partial charge in [0, 0.05) is 41.4 Å². The van der Waals surface area contributed by atoms with Crippen molar-refractivity contribution in [1.82, 2.24) is 20.0 Å². The second-order valence-electron chi connectivity index (χ2n) is 8.21. The van der Waals surface area contributed by atoms with Crippen LogP contribution in [0.3, 0.4) is 0 Å². The number of carbonyl (C=O) groups is 2. The van der Waals surface area contributed by atoms with Crippen LogP contribution in [-0.2, 0) is 11.3 Å². The van der Waals surface area contributed by atoms with Gasteiger partial charge in [-0.25, -0.2) is 9.18 Å². The van der Waals surface area contributed by atoms with Gasteiger partial charge in [0.05, 0.1) is 6.54 Å². The van der Waals surface area contributed by atoms with Crippen molar-refractivity contribution in [2.24, 2.45) is 0 Å². The van der Waals surface area contributed by atoms with Gasteiger partial charge in [-0.2, -0.15) is 0 Å². The van der Waals surface area contributed by atoms with Crippen LogP contribution in [0.1, 0.15) is 12.0 Å². The Labute approximate surface area is 195 Å². The van der Waals surface area contributed by atoms with Gasteiger partial charge in [-0.15, -0.1) is 0 Å². The molecule has 2 aromatic rings. The molecule has 0 spiro atoms. The first kappa shape index (κ1) is 21.5. The first-order chi connectivity index (χ1) is 15.4. The van der Waals surface area contributed by atoms with Crippen LogP contribution in [0.25, 0.3) is 0 Å². The summed E-state index contributed by atoms with van der Waals surface area (Å²) in [6, 6.07) is 10.8. The maximum Gasteiger partial charge on any atom is 0.328 e. The average molecular weight is 478 g/mol. The Morgan fingerprint density at radius 1 is 1.09 bits per heavy atom. The fourth-order valence-corrected chi connectivity index (χ4v) is 5.15. The number of likely N-dealkylation sites (N-methyl/N-ethyl adjacent to an activating group) is 1. The predicted molar refractivity (Wildman–Crippen MR) is 120 cm³/mol. The molecule has 10 heteroatoms. The fraction of sp³-hybridized carbons (Fsp3) is 0.364. The monoisotopic (exact) mass is 477 g/mol. The number of urea groups is 1. The van der Waals surface area contributed by atoms with E-state index in [1.54, 1.807) is 13.1 Å². The Morgan fingerprint density at radius 2 is 1.84 bits per heavy atom. The number of nitrogens with zero attached hydrogens (tertiary/aromatic N) is 4. The molecule has 5 rings (SSSR count). The number of nitrogens with one attached hydrogen (secondary N) is 1. The molecular weight excluding hydrogens is 456 g/mol. The number of benzene rings is 2. The number of carbonyl (C=O) groups excluding carboxylic acids is 2. The largest absolute Gasteiger partial charge is 0.343 e. The quantitative estimate of drug-likeness (QED) is 0.734. The van der Waals surface area contributed by atoms with Crippen LogP contribution < -0.4 is 10.2 Å². The zero-order valence-electron chi connectivity index (χ0n) is 17.3. The third-order valence-electron chi connectivity index (χ3n) is 6.41. The van der Waals surface area contributed by atoms with Crippen molar-refractivity contribution in [1.29, 1.82) is 0 Å². The molecule has 0 radical (unpaired) electrons. The van der Waals surface area contributed by atoms with E-state index >= 15 is 0 Å². The highest BCUT2D eigenvalue weighted by molar-refractivity contribution is 6.31. The summed E-state index contributed by atoms with van der Waals surface area (Å²) < 4.78 is 14.4. The second kappa shape index (κ2) is 8.19. The fourth-order valence-electron chi connectivity index (χ4n) is 4.80. The molecule has 1 N–H and O–H groups in total. The number of hydrogen-bond donors (Lipinski definition) is 1. The second-order valence-corrected chi connectivity index (χ2v) is 9.05. The van der Waals surface area contributed by atoms with Crippen molar-refractivity contribution in [2.45, 2.75) is 31.5 Å². The minimum atomic E-state index is -0.580. The predicted octanol–water partition coefficient (Wildman–Crippen LogP) is 3.32. The third kappa shape index (κ3) is 3.42. The number of halogens is 3. The summed E-state index contributed by atoms with van der Waals surface area (Å²) >= 11 is 12.2. The summed E-state index contributed by atoms with van der Waals surface area (Å²) in [7, 11) is 1.65. The standard InChI is InChI=1S/C22H22Cl2FN5O2/c1-27-19-18(20(31)30(22(27)32)12-15-16(24)4-2-5-17(15)25)29-11-3-10-28(21(29)26-19)14-8-6-13(23)7-9-14/h2,4-9,18-19,21,26H,3,10-12H2,1H3. The minimum Gasteiger partial charge on any atom is -0.343 e. The Balaban J connectivity index is 1.45. The zero-order chi connectivity index (χ0) is 22.6. The van der Waals surface area contributed by atoms with Gasteiger partial charge in [-0.05, 0) is 42.8 Å². The van der Waals surface area contributed by atoms with Crippen LogP contribution in [0.5, 0.6) is 0 Å². The highest BCUT2D eigenvalue weighted by Crippen LogP contribution is 2.34. The Morgan fingerprint density at radius 3 is 2.56 bits per heavy atom. The number of hydrogen-bond acceptors (Lipinski definition) is 5. The Hall–Kier alpha value is -2.39. The molecule has 3 aliphatic rings. The van der Waals surface area contributed by atoms with E-state index in [4.69, 9.17) is 23.2 Å². The van der Waals surface area contributed by atoms with E-state index in [-0.39, 0.29) is 29.3 Å². The molecule has 3 heterocycles. The van der Waals surface area contributed by atoms with Crippen LogP contribution in [0.15, 0.2) is 42.5 Å². The van der Waals surface area contributed by atoms with E-state index in [0.717, 1.165) is 23.6 Å². The molecule has 3 aliphatic heterocycles. The lowest BCUT2D eigenvalue weighted by molar-refractivity contribution is -0.139. The topological polar surface area (TPSA) is 59.1 Å². The van der Waals surface area contributed by atoms with Crippen LogP contribution in [0.2, 0.25) is 10.0 Å². The lowest BCUT2D eigenvalue weighted by Gasteiger charge is -2.44. The van der Waals surface area contributed by atoms with Gasteiger partial charge >= 0.3 is 6.03 Å². The van der Waals surface area contributed by atoms with E-state index in [0.29, 0.717) is 11.6 Å². The Bertz CT molecular complexity index is 1050. The van der Waals surface area contributed by atoms with Crippen LogP contribution in [0, 0.1) is 5.82 Å². The lowest BCUT2D eigenvalue weighted by atomic mass is 10.1. The molecule has 0 aromatic heterocycles. The van der Waals surface area contributed by atoms with Gasteiger partial charge in [0.2, 0.25) is 0 Å². The maximum atomic E-state index is 14.4. The zero-order valence-corrected chi connectivity index (χ0v) is 18.9. The highest BCUT2D eigenvalue weighted by Gasteiger charge is 2.56. The first-order valence-electron chi connectivity index (χ1n) is 10.4. The minimum absolute atomic E-state index is 0.131. The number of amides is 3. The van der Waals surface area contributed by atoms with Crippen molar-refractivity contribution < 1.29 is 14.0 Å². The molecule has 0 saturated carbocycles. The first-order valence-corrected chi connectivity index (χ1v) is 11.2. The van der Waals surface area contributed by atoms with E-state index in [1.165, 1.54) is 17.0 Å². The summed E-state index contributed by atoms with van der Waals surface area (Å²) in [6.45, 7) is 1.29. The van der Waals surface area contributed by atoms with E-state index in [9.17, 15) is 14.0 Å². The summed E-state index contributed by atoms with van der Waals surface area (Å²) in [4.78, 5) is 33.5. The molecule has 3 amide bonds. The van der Waals surface area contributed by atoms with Crippen LogP contribution in [0.4, 0.5) is 14.9 Å². The van der Waals surface area contributed by atoms with Crippen LogP contribution >= 0.6 is 23.2 Å². The molecule has 3 unspecified atom stereocenters. The van der Waals surface area contributed by atoms with E-state index in [2.05, 4.69) is 15.1 Å². The number of anilines is 1. The molecule has 32 heavy (non-hydrogen) atoms. The molecule has 168 valence electrons. The summed E-state index contributed by atoms with van der Waals surface area (Å²) in [5.41, 5.74) is 1.11. The molecule has 0 aliphatic carbocycles. The SMILES string of the molecule is CN1C(=O)N(Cc2c(F)cccc2Cl)C(=O)C2C1NC1N(c3ccc(Cl)cc3)CCCN21. The molecular formula is C22H22Cl2FN5O2. The number of fused-ring (bicyclic) bond motifs is 3. The molecule has 0 bridgehead atoms. The molecule has 7 nitrogen and oxygen atoms in total. The smallest absolute Gasteiger partial charge is 0.328 e. The van der Waals surface area contributed by atoms with Crippen LogP contribution in [-0.4, -0.2) is 65.3 Å². The summed E-state index contributed by atoms with van der Waals surface area (Å²) in [5, 5.41) is 4.29. The third-order valence-corrected chi connectivity index (χ3v) is 7.01. The van der Waals surface area contributed by atoms with Crippen molar-refractivity contribution in [3.8, 4) is 0 Å². The summed E-state index contributed by atoms with van der Waals surface area (Å²) in [5.74, 6) is -0.900. The normalized spacial score (nSPS) is 25.9. The lowest BCUT2D eigenvalue weighted by Crippen LogP contribution is -2.66. The van der Waals surface area contributed by atoms with Crippen molar-refractivity contribution >= 4 is 40.8 Å². The van der Waals surface area contributed by atoms with Gasteiger partial charge < -0.3 is 9.80 Å². The molecule has 3 atom stereocenters. The molecule has 3 fully saturated rings. The van der Waals surface area contributed by atoms with E-state index in [1.807, 2.05) is 24.3 Å². The van der Waals surface area contributed by atoms with Crippen molar-refractivity contribution in [3.63, 3.8) is 0 Å². The number of imide groups is 1. The Kier molecular flexibility index (Phi) is 5.49. The summed E-state index contributed by atoms with van der Waals surface area (Å²) in [6.07, 6.45) is 0.116. The maximum absolute atomic E-state index is 14.4. The van der Waals surface area contributed by atoms with Gasteiger partial charge in [0.15, 0.2) is 0 Å². The van der Waals surface area contributed by atoms with Crippen molar-refractivity contribution in [2.75, 3.05) is 25.0 Å². The molecule has 3 saturated heterocycles. The van der Waals surface area contributed by atoms with Gasteiger partial charge in [0.1, 0.15) is 24.3 Å². The average Bonchev–Trinajstić information content (AvgIpc) is 3.17. The van der Waals surface area contributed by atoms with E-state index < -0.39 is 24.1 Å². The van der Waals surface area contributed by atoms with Crippen molar-refractivity contribution in [3.05, 3.63) is 63.9 Å². The molecule has 2 aromatic carbocycles. The highest BCUT2D eigenvalue weighted by atomic mass is 35.5.